The first-order valence-electron chi connectivity index (χ1n) is 14.2. The van der Waals surface area contributed by atoms with Crippen LogP contribution in [0.4, 0.5) is 13.2 Å². The van der Waals surface area contributed by atoms with Crippen LogP contribution in [0.25, 0.3) is 11.3 Å². The minimum absolute atomic E-state index is 0.103. The minimum Gasteiger partial charge on any atom is -0.481 e. The van der Waals surface area contributed by atoms with E-state index in [9.17, 15) is 36.3 Å². The van der Waals surface area contributed by atoms with Gasteiger partial charge in [0, 0.05) is 30.0 Å². The van der Waals surface area contributed by atoms with Crippen LogP contribution in [-0.4, -0.2) is 42.1 Å². The molecule has 1 aliphatic carbocycles. The molecule has 1 saturated carbocycles. The predicted molar refractivity (Wildman–Crippen MR) is 155 cm³/mol. The first-order valence-corrected chi connectivity index (χ1v) is 15.7. The second-order valence-corrected chi connectivity index (χ2v) is 14.6. The summed E-state index contributed by atoms with van der Waals surface area (Å²) in [6, 6.07) is 4.68. The van der Waals surface area contributed by atoms with Gasteiger partial charge in [0.05, 0.1) is 21.4 Å². The number of rotatable bonds is 10. The van der Waals surface area contributed by atoms with E-state index in [-0.39, 0.29) is 30.0 Å². The molecule has 12 heteroatoms. The van der Waals surface area contributed by atoms with Crippen LogP contribution in [0, 0.1) is 18.3 Å². The zero-order chi connectivity index (χ0) is 31.7. The number of sulfonamides is 1. The number of aliphatic carboxylic acids is 1. The fourth-order valence-electron chi connectivity index (χ4n) is 5.27. The van der Waals surface area contributed by atoms with Gasteiger partial charge in [-0.1, -0.05) is 25.3 Å². The van der Waals surface area contributed by atoms with E-state index in [1.807, 2.05) is 4.57 Å². The number of carboxylic acids is 1. The minimum atomic E-state index is -4.95. The molecule has 42 heavy (non-hydrogen) atoms. The maximum atomic E-state index is 14.3. The van der Waals surface area contributed by atoms with Crippen LogP contribution in [0.5, 0.6) is 0 Å². The van der Waals surface area contributed by atoms with Crippen molar-refractivity contribution in [2.75, 3.05) is 6.54 Å². The molecule has 234 valence electrons. The molecule has 0 bridgehead atoms. The van der Waals surface area contributed by atoms with Crippen molar-refractivity contribution < 1.29 is 36.3 Å². The zero-order valence-electron chi connectivity index (χ0n) is 25.1. The van der Waals surface area contributed by atoms with Crippen LogP contribution in [0.2, 0.25) is 0 Å². The molecule has 3 N–H and O–H groups in total. The van der Waals surface area contributed by atoms with Gasteiger partial charge in [-0.25, -0.2) is 13.1 Å². The highest BCUT2D eigenvalue weighted by atomic mass is 32.2. The van der Waals surface area contributed by atoms with Crippen LogP contribution in [0.3, 0.4) is 0 Å². The van der Waals surface area contributed by atoms with Crippen LogP contribution < -0.4 is 10.0 Å². The Morgan fingerprint density at radius 1 is 1.02 bits per heavy atom. The number of halogens is 3. The van der Waals surface area contributed by atoms with E-state index >= 15 is 0 Å². The number of nitrogens with zero attached hydrogens (tertiary/aromatic N) is 1. The summed E-state index contributed by atoms with van der Waals surface area (Å²) in [5.41, 5.74) is -1.96. The first kappa shape index (κ1) is 33.6. The molecule has 1 fully saturated rings. The van der Waals surface area contributed by atoms with Crippen molar-refractivity contribution in [3.8, 4) is 11.3 Å². The molecule has 1 aromatic carbocycles. The summed E-state index contributed by atoms with van der Waals surface area (Å²) in [7, 11) is -4.49. The largest absolute Gasteiger partial charge is 0.481 e. The first-order chi connectivity index (χ1) is 19.2. The van der Waals surface area contributed by atoms with Gasteiger partial charge in [-0.3, -0.25) is 9.59 Å². The monoisotopic (exact) mass is 613 g/mol. The SMILES string of the molecule is Cc1c(C(=O)NCCC(C)(C)C(=O)O)cc(-c2ccc(S(=O)(=O)NC(C)(C)C)c(C(F)(F)F)c2)n1CC1CCCCC1. The van der Waals surface area contributed by atoms with Crippen LogP contribution in [0.1, 0.15) is 94.8 Å². The van der Waals surface area contributed by atoms with Gasteiger partial charge in [0.15, 0.2) is 0 Å². The van der Waals surface area contributed by atoms with Crippen molar-refractivity contribution in [3.05, 3.63) is 41.1 Å². The topological polar surface area (TPSA) is 118 Å². The molecule has 0 unspecified atom stereocenters. The summed E-state index contributed by atoms with van der Waals surface area (Å²) in [6.45, 7) is 10.1. The van der Waals surface area contributed by atoms with Crippen molar-refractivity contribution >= 4 is 21.9 Å². The summed E-state index contributed by atoms with van der Waals surface area (Å²) >= 11 is 0. The van der Waals surface area contributed by atoms with Crippen molar-refractivity contribution in [2.24, 2.45) is 11.3 Å². The number of carboxylic acid groups (broad SMARTS) is 1. The van der Waals surface area contributed by atoms with Gasteiger partial charge in [-0.15, -0.1) is 0 Å². The van der Waals surface area contributed by atoms with Crippen LogP contribution in [0.15, 0.2) is 29.2 Å². The standard InChI is InChI=1S/C30H42F3N3O5S/c1-19-22(26(37)34-15-14-29(5,6)27(38)39)17-24(36(19)18-20-10-8-7-9-11-20)21-12-13-25(23(16-21)30(31,32)33)42(40,41)35-28(2,3)4/h12-13,16-17,20,35H,7-11,14-15,18H2,1-6H3,(H,34,37)(H,38,39). The Morgan fingerprint density at radius 3 is 2.19 bits per heavy atom. The number of carbonyl (C=O) groups is 2. The molecule has 0 spiro atoms. The summed E-state index contributed by atoms with van der Waals surface area (Å²) in [4.78, 5) is 23.8. The second-order valence-electron chi connectivity index (χ2n) is 12.9. The summed E-state index contributed by atoms with van der Waals surface area (Å²) in [6.07, 6.45) is 0.402. The smallest absolute Gasteiger partial charge is 0.417 e. The molecule has 8 nitrogen and oxygen atoms in total. The Bertz CT molecular complexity index is 1420. The van der Waals surface area contributed by atoms with Crippen molar-refractivity contribution in [3.63, 3.8) is 0 Å². The average Bonchev–Trinajstić information content (AvgIpc) is 3.18. The molecule has 1 aliphatic rings. The molecule has 0 atom stereocenters. The Kier molecular flexibility index (Phi) is 9.93. The number of nitrogens with one attached hydrogen (secondary N) is 2. The van der Waals surface area contributed by atoms with Gasteiger partial charge in [0.2, 0.25) is 10.0 Å². The third-order valence-corrected chi connectivity index (χ3v) is 9.52. The fraction of sp³-hybridized carbons (Fsp3) is 0.600. The molecule has 0 saturated heterocycles. The summed E-state index contributed by atoms with van der Waals surface area (Å²) < 4.78 is 72.9. The van der Waals surface area contributed by atoms with Crippen molar-refractivity contribution in [1.29, 1.82) is 0 Å². The summed E-state index contributed by atoms with van der Waals surface area (Å²) in [5, 5.41) is 12.1. The number of alkyl halides is 3. The van der Waals surface area contributed by atoms with Gasteiger partial charge in [0.25, 0.3) is 5.91 Å². The van der Waals surface area contributed by atoms with E-state index in [0.29, 0.717) is 17.9 Å². The lowest BCUT2D eigenvalue weighted by molar-refractivity contribution is -0.147. The van der Waals surface area contributed by atoms with E-state index in [1.165, 1.54) is 12.1 Å². The Labute approximate surface area is 246 Å². The molecule has 1 aromatic heterocycles. The average molecular weight is 614 g/mol. The number of benzene rings is 1. The maximum absolute atomic E-state index is 14.3. The van der Waals surface area contributed by atoms with Gasteiger partial charge in [-0.2, -0.15) is 13.2 Å². The molecule has 3 rings (SSSR count). The van der Waals surface area contributed by atoms with Gasteiger partial charge in [0.1, 0.15) is 0 Å². The van der Waals surface area contributed by atoms with E-state index in [4.69, 9.17) is 0 Å². The van der Waals surface area contributed by atoms with Gasteiger partial charge in [-0.05, 0) is 90.5 Å². The lowest BCUT2D eigenvalue weighted by Crippen LogP contribution is -2.41. The van der Waals surface area contributed by atoms with Gasteiger partial charge >= 0.3 is 12.1 Å². The molecule has 1 amide bonds. The third-order valence-electron chi connectivity index (χ3n) is 7.70. The third kappa shape index (κ3) is 8.15. The highest BCUT2D eigenvalue weighted by Crippen LogP contribution is 2.39. The van der Waals surface area contributed by atoms with E-state index < -0.39 is 49.5 Å². The molecule has 0 radical (unpaired) electrons. The molecule has 0 aliphatic heterocycles. The van der Waals surface area contributed by atoms with E-state index in [1.54, 1.807) is 41.5 Å². The molecular weight excluding hydrogens is 571 g/mol. The van der Waals surface area contributed by atoms with Gasteiger partial charge < -0.3 is 15.0 Å². The normalized spacial score (nSPS) is 15.5. The lowest BCUT2D eigenvalue weighted by atomic mass is 9.89. The Hall–Kier alpha value is -2.86. The Balaban J connectivity index is 2.08. The van der Waals surface area contributed by atoms with Crippen molar-refractivity contribution in [2.45, 2.75) is 103 Å². The highest BCUT2D eigenvalue weighted by Gasteiger charge is 2.39. The number of amides is 1. The van der Waals surface area contributed by atoms with Crippen molar-refractivity contribution in [1.82, 2.24) is 14.6 Å². The zero-order valence-corrected chi connectivity index (χ0v) is 25.9. The predicted octanol–water partition coefficient (Wildman–Crippen LogP) is 6.37. The van der Waals surface area contributed by atoms with Crippen LogP contribution >= 0.6 is 0 Å². The van der Waals surface area contributed by atoms with E-state index in [0.717, 1.165) is 44.2 Å². The second kappa shape index (κ2) is 12.4. The highest BCUT2D eigenvalue weighted by molar-refractivity contribution is 7.89. The lowest BCUT2D eigenvalue weighted by Gasteiger charge is -2.25. The quantitative estimate of drug-likeness (QED) is 0.288. The van der Waals surface area contributed by atoms with Crippen LogP contribution in [-0.2, 0) is 27.5 Å². The summed E-state index contributed by atoms with van der Waals surface area (Å²) in [5.74, 6) is -1.16. The number of hydrogen-bond donors (Lipinski definition) is 3. The number of carbonyl (C=O) groups excluding carboxylic acids is 1. The molecule has 2 aromatic rings. The number of hydrogen-bond acceptors (Lipinski definition) is 4. The maximum Gasteiger partial charge on any atom is 0.417 e. The molecule has 1 heterocycles. The fourth-order valence-corrected chi connectivity index (χ4v) is 6.90. The Morgan fingerprint density at radius 2 is 1.64 bits per heavy atom. The molecular formula is C30H42F3N3O5S. The van der Waals surface area contributed by atoms with E-state index in [2.05, 4.69) is 10.0 Å². The number of aromatic nitrogens is 1.